The Hall–Kier alpha value is -0.0400. The lowest BCUT2D eigenvalue weighted by Gasteiger charge is -2.52. The summed E-state index contributed by atoms with van der Waals surface area (Å²) in [4.78, 5) is 0. The second-order valence-electron chi connectivity index (χ2n) is 5.68. The fourth-order valence-electron chi connectivity index (χ4n) is 3.52. The van der Waals surface area contributed by atoms with Crippen molar-refractivity contribution in [1.82, 2.24) is 5.32 Å². The fraction of sp³-hybridized carbons (Fsp3) is 1.00. The van der Waals surface area contributed by atoms with Crippen molar-refractivity contribution in [1.29, 1.82) is 0 Å². The van der Waals surface area contributed by atoms with Gasteiger partial charge in [-0.25, -0.2) is 0 Å². The Morgan fingerprint density at radius 2 is 1.87 bits per heavy atom. The first-order valence-electron chi connectivity index (χ1n) is 7.11. The monoisotopic (exact) mass is 209 g/mol. The minimum Gasteiger partial charge on any atom is -0.313 e. The SMILES string of the molecule is CCCCCNC1CCC12CCCCC2. The van der Waals surface area contributed by atoms with Gasteiger partial charge in [-0.2, -0.15) is 0 Å². The largest absolute Gasteiger partial charge is 0.313 e. The fourth-order valence-corrected chi connectivity index (χ4v) is 3.52. The van der Waals surface area contributed by atoms with Crippen LogP contribution in [0.1, 0.15) is 71.1 Å². The maximum absolute atomic E-state index is 3.81. The zero-order valence-electron chi connectivity index (χ0n) is 10.4. The molecule has 88 valence electrons. The third kappa shape index (κ3) is 2.55. The van der Waals surface area contributed by atoms with Gasteiger partial charge in [0.15, 0.2) is 0 Å². The van der Waals surface area contributed by atoms with Crippen molar-refractivity contribution in [2.24, 2.45) is 5.41 Å². The molecule has 2 aliphatic rings. The van der Waals surface area contributed by atoms with Gasteiger partial charge in [-0.15, -0.1) is 0 Å². The van der Waals surface area contributed by atoms with Crippen LogP contribution in [0, 0.1) is 5.41 Å². The third-order valence-electron chi connectivity index (χ3n) is 4.69. The molecule has 0 bridgehead atoms. The number of unbranched alkanes of at least 4 members (excludes halogenated alkanes) is 2. The molecule has 1 N–H and O–H groups in total. The van der Waals surface area contributed by atoms with Crippen LogP contribution in [0.4, 0.5) is 0 Å². The van der Waals surface area contributed by atoms with Crippen molar-refractivity contribution in [3.63, 3.8) is 0 Å². The highest BCUT2D eigenvalue weighted by Crippen LogP contribution is 2.51. The molecule has 0 aliphatic heterocycles. The van der Waals surface area contributed by atoms with Crippen molar-refractivity contribution in [2.75, 3.05) is 6.54 Å². The molecule has 0 radical (unpaired) electrons. The standard InChI is InChI=1S/C14H27N/c1-2-3-7-12-15-13-8-11-14(13)9-5-4-6-10-14/h13,15H,2-12H2,1H3. The Balaban J connectivity index is 1.69. The summed E-state index contributed by atoms with van der Waals surface area (Å²) in [6.45, 7) is 3.55. The molecule has 2 aliphatic carbocycles. The Kier molecular flexibility index (Phi) is 4.07. The summed E-state index contributed by atoms with van der Waals surface area (Å²) in [5, 5.41) is 3.81. The van der Waals surface area contributed by atoms with Crippen molar-refractivity contribution in [3.8, 4) is 0 Å². The number of rotatable bonds is 5. The van der Waals surface area contributed by atoms with Crippen molar-refractivity contribution in [3.05, 3.63) is 0 Å². The zero-order valence-corrected chi connectivity index (χ0v) is 10.4. The van der Waals surface area contributed by atoms with E-state index in [9.17, 15) is 0 Å². The smallest absolute Gasteiger partial charge is 0.0124 e. The van der Waals surface area contributed by atoms with Gasteiger partial charge in [0.25, 0.3) is 0 Å². The van der Waals surface area contributed by atoms with E-state index in [2.05, 4.69) is 12.2 Å². The van der Waals surface area contributed by atoms with Crippen LogP contribution in [0.3, 0.4) is 0 Å². The van der Waals surface area contributed by atoms with Crippen LogP contribution in [0.25, 0.3) is 0 Å². The van der Waals surface area contributed by atoms with Crippen molar-refractivity contribution < 1.29 is 0 Å². The van der Waals surface area contributed by atoms with Crippen LogP contribution >= 0.6 is 0 Å². The molecule has 2 saturated carbocycles. The summed E-state index contributed by atoms with van der Waals surface area (Å²) < 4.78 is 0. The van der Waals surface area contributed by atoms with Gasteiger partial charge in [0.2, 0.25) is 0 Å². The predicted octanol–water partition coefficient (Wildman–Crippen LogP) is 3.88. The second-order valence-corrected chi connectivity index (χ2v) is 5.68. The first-order chi connectivity index (χ1) is 7.37. The summed E-state index contributed by atoms with van der Waals surface area (Å²) in [6, 6.07) is 0.884. The first-order valence-corrected chi connectivity index (χ1v) is 7.11. The summed E-state index contributed by atoms with van der Waals surface area (Å²) in [6.07, 6.45) is 14.6. The van der Waals surface area contributed by atoms with Gasteiger partial charge in [0, 0.05) is 6.04 Å². The molecule has 0 heterocycles. The average Bonchev–Trinajstić information content (AvgIpc) is 2.28. The molecule has 2 rings (SSSR count). The van der Waals surface area contributed by atoms with Crippen LogP contribution in [-0.2, 0) is 0 Å². The van der Waals surface area contributed by atoms with Crippen LogP contribution in [0.5, 0.6) is 0 Å². The molecule has 1 unspecified atom stereocenters. The molecule has 0 saturated heterocycles. The number of nitrogens with one attached hydrogen (secondary N) is 1. The van der Waals surface area contributed by atoms with E-state index < -0.39 is 0 Å². The lowest BCUT2D eigenvalue weighted by molar-refractivity contribution is 0.0232. The molecule has 1 atom stereocenters. The van der Waals surface area contributed by atoms with Crippen LogP contribution in [-0.4, -0.2) is 12.6 Å². The van der Waals surface area contributed by atoms with E-state index in [-0.39, 0.29) is 0 Å². The second kappa shape index (κ2) is 5.34. The molecule has 15 heavy (non-hydrogen) atoms. The van der Waals surface area contributed by atoms with E-state index in [1.807, 2.05) is 0 Å². The highest BCUT2D eigenvalue weighted by atomic mass is 15.0. The number of hydrogen-bond acceptors (Lipinski definition) is 1. The molecule has 1 nitrogen and oxygen atoms in total. The number of hydrogen-bond donors (Lipinski definition) is 1. The Morgan fingerprint density at radius 3 is 2.47 bits per heavy atom. The minimum atomic E-state index is 0.754. The van der Waals surface area contributed by atoms with Gasteiger partial charge in [-0.05, 0) is 44.1 Å². The van der Waals surface area contributed by atoms with E-state index in [0.29, 0.717) is 0 Å². The Bertz CT molecular complexity index is 182. The molecule has 1 heteroatoms. The molecular formula is C14H27N. The van der Waals surface area contributed by atoms with Gasteiger partial charge in [0.05, 0.1) is 0 Å². The highest BCUT2D eigenvalue weighted by Gasteiger charge is 2.46. The first kappa shape index (κ1) is 11.4. The highest BCUT2D eigenvalue weighted by molar-refractivity contribution is 5.01. The normalized spacial score (nSPS) is 29.0. The summed E-state index contributed by atoms with van der Waals surface area (Å²) in [5.74, 6) is 0. The predicted molar refractivity (Wildman–Crippen MR) is 66.1 cm³/mol. The topological polar surface area (TPSA) is 12.0 Å². The third-order valence-corrected chi connectivity index (χ3v) is 4.69. The van der Waals surface area contributed by atoms with Crippen LogP contribution in [0.2, 0.25) is 0 Å². The molecule has 1 spiro atoms. The van der Waals surface area contributed by atoms with Crippen molar-refractivity contribution in [2.45, 2.75) is 77.2 Å². The van der Waals surface area contributed by atoms with Crippen LogP contribution < -0.4 is 5.32 Å². The maximum Gasteiger partial charge on any atom is 0.0124 e. The summed E-state index contributed by atoms with van der Waals surface area (Å²) >= 11 is 0. The Labute approximate surface area is 95.0 Å². The van der Waals surface area contributed by atoms with Gasteiger partial charge in [-0.3, -0.25) is 0 Å². The molecule has 0 aromatic carbocycles. The Morgan fingerprint density at radius 1 is 1.07 bits per heavy atom. The van der Waals surface area contributed by atoms with Gasteiger partial charge >= 0.3 is 0 Å². The summed E-state index contributed by atoms with van der Waals surface area (Å²) in [5.41, 5.74) is 0.754. The quantitative estimate of drug-likeness (QED) is 0.678. The molecular weight excluding hydrogens is 182 g/mol. The van der Waals surface area contributed by atoms with Gasteiger partial charge in [-0.1, -0.05) is 39.0 Å². The van der Waals surface area contributed by atoms with Crippen molar-refractivity contribution >= 4 is 0 Å². The van der Waals surface area contributed by atoms with Crippen LogP contribution in [0.15, 0.2) is 0 Å². The average molecular weight is 209 g/mol. The molecule has 0 aromatic rings. The van der Waals surface area contributed by atoms with Gasteiger partial charge < -0.3 is 5.32 Å². The molecule has 0 aromatic heterocycles. The molecule has 2 fully saturated rings. The van der Waals surface area contributed by atoms with E-state index in [0.717, 1.165) is 11.5 Å². The van der Waals surface area contributed by atoms with E-state index in [1.54, 1.807) is 0 Å². The lowest BCUT2D eigenvalue weighted by Crippen LogP contribution is -2.54. The molecule has 0 amide bonds. The zero-order chi connectivity index (χ0) is 10.6. The minimum absolute atomic E-state index is 0.754. The van der Waals surface area contributed by atoms with Gasteiger partial charge in [0.1, 0.15) is 0 Å². The lowest BCUT2D eigenvalue weighted by atomic mass is 9.57. The maximum atomic E-state index is 3.81. The van der Waals surface area contributed by atoms with E-state index in [4.69, 9.17) is 0 Å². The van der Waals surface area contributed by atoms with E-state index in [1.165, 1.54) is 70.8 Å². The van der Waals surface area contributed by atoms with E-state index >= 15 is 0 Å². The summed E-state index contributed by atoms with van der Waals surface area (Å²) in [7, 11) is 0.